The van der Waals surface area contributed by atoms with Crippen LogP contribution in [0.25, 0.3) is 0 Å². The molecule has 0 aliphatic heterocycles. The number of alkyl halides is 4. The molecule has 3 rings (SSSR count). The number of hydrogen-bond donors (Lipinski definition) is 1. The van der Waals surface area contributed by atoms with Crippen LogP contribution in [0.5, 0.6) is 5.75 Å². The van der Waals surface area contributed by atoms with Gasteiger partial charge in [-0.15, -0.1) is 0 Å². The van der Waals surface area contributed by atoms with Gasteiger partial charge in [0.25, 0.3) is 0 Å². The Morgan fingerprint density at radius 2 is 1.64 bits per heavy atom. The molecule has 3 nitrogen and oxygen atoms in total. The average molecular weight is 590 g/mol. The number of hydrogen-bond acceptors (Lipinski definition) is 2. The van der Waals surface area contributed by atoms with Gasteiger partial charge in [-0.1, -0.05) is 58.4 Å². The molecule has 2 N–H and O–H groups in total. The van der Waals surface area contributed by atoms with E-state index >= 15 is 0 Å². The Kier molecular flexibility index (Phi) is 8.63. The molecule has 0 spiro atoms. The standard InChI is InChI=1S/C26H25BrF5NO2S/c1-24(2,36(33)34)16-25(15-17-7-4-3-5-8-17,18-9-6-10-20(27)11-18)19-12-21(28)14-22(13-19)35-26(31,32)23(29)30/h3-14,23H,15-16,33H2,1-2H3/t25-,36?/m1/s1. The van der Waals surface area contributed by atoms with Gasteiger partial charge in [0, 0.05) is 16.0 Å². The summed E-state index contributed by atoms with van der Waals surface area (Å²) in [6.45, 7) is 3.37. The number of nitrogens with two attached hydrogens (primary N) is 1. The van der Waals surface area contributed by atoms with Crippen LogP contribution < -0.4 is 9.88 Å². The van der Waals surface area contributed by atoms with Crippen molar-refractivity contribution >= 4 is 26.9 Å². The van der Waals surface area contributed by atoms with Crippen molar-refractivity contribution in [3.05, 3.63) is 99.8 Å². The van der Waals surface area contributed by atoms with Crippen molar-refractivity contribution in [1.82, 2.24) is 0 Å². The van der Waals surface area contributed by atoms with Crippen LogP contribution in [-0.2, 0) is 22.8 Å². The molecular weight excluding hydrogens is 565 g/mol. The average Bonchev–Trinajstić information content (AvgIpc) is 2.78. The molecule has 0 saturated carbocycles. The summed E-state index contributed by atoms with van der Waals surface area (Å²) >= 11 is 3.44. The van der Waals surface area contributed by atoms with E-state index in [1.54, 1.807) is 38.1 Å². The van der Waals surface area contributed by atoms with E-state index in [-0.39, 0.29) is 18.4 Å². The molecule has 1 unspecified atom stereocenters. The van der Waals surface area contributed by atoms with Crippen LogP contribution in [0.4, 0.5) is 22.0 Å². The predicted molar refractivity (Wildman–Crippen MR) is 134 cm³/mol. The molecular formula is C26H25BrF5NO2S. The summed E-state index contributed by atoms with van der Waals surface area (Å²) in [6, 6.07) is 19.2. The van der Waals surface area contributed by atoms with Gasteiger partial charge in [-0.3, -0.25) is 5.14 Å². The Morgan fingerprint density at radius 1 is 0.972 bits per heavy atom. The maximum absolute atomic E-state index is 14.9. The van der Waals surface area contributed by atoms with Crippen molar-refractivity contribution < 1.29 is 30.9 Å². The van der Waals surface area contributed by atoms with Crippen LogP contribution in [0.3, 0.4) is 0 Å². The minimum absolute atomic E-state index is 0.0998. The Bertz CT molecular complexity index is 1230. The molecule has 194 valence electrons. The topological polar surface area (TPSA) is 52.3 Å². The number of halogens is 6. The van der Waals surface area contributed by atoms with Crippen molar-refractivity contribution in [2.75, 3.05) is 0 Å². The SMILES string of the molecule is CC(C)(C[C@](Cc1ccccc1)(c1cccc(Br)c1)c1cc(F)cc(OC(F)(F)C(F)F)c1)S(N)=O. The Morgan fingerprint density at radius 3 is 2.22 bits per heavy atom. The minimum atomic E-state index is -4.82. The monoisotopic (exact) mass is 589 g/mol. The molecule has 10 heteroatoms. The first kappa shape index (κ1) is 28.3. The van der Waals surface area contributed by atoms with Crippen LogP contribution in [0.1, 0.15) is 37.0 Å². The van der Waals surface area contributed by atoms with Gasteiger partial charge in [0.2, 0.25) is 0 Å². The van der Waals surface area contributed by atoms with Crippen molar-refractivity contribution in [2.24, 2.45) is 5.14 Å². The zero-order valence-electron chi connectivity index (χ0n) is 19.5. The van der Waals surface area contributed by atoms with E-state index in [0.717, 1.165) is 17.7 Å². The number of ether oxygens (including phenoxy) is 1. The second-order valence-electron chi connectivity index (χ2n) is 9.13. The largest absolute Gasteiger partial charge is 0.461 e. The molecule has 0 heterocycles. The number of benzene rings is 3. The maximum atomic E-state index is 14.9. The van der Waals surface area contributed by atoms with Gasteiger partial charge in [-0.05, 0) is 67.6 Å². The van der Waals surface area contributed by atoms with Gasteiger partial charge in [-0.2, -0.15) is 17.6 Å². The fourth-order valence-electron chi connectivity index (χ4n) is 4.27. The smallest absolute Gasteiger partial charge is 0.428 e. The van der Waals surface area contributed by atoms with Crippen molar-refractivity contribution in [3.63, 3.8) is 0 Å². The van der Waals surface area contributed by atoms with Gasteiger partial charge in [-0.25, -0.2) is 8.60 Å². The van der Waals surface area contributed by atoms with Gasteiger partial charge < -0.3 is 4.74 Å². The molecule has 3 aromatic rings. The minimum Gasteiger partial charge on any atom is -0.428 e. The summed E-state index contributed by atoms with van der Waals surface area (Å²) in [4.78, 5) is 0. The molecule has 3 aromatic carbocycles. The van der Waals surface area contributed by atoms with Gasteiger partial charge >= 0.3 is 12.5 Å². The highest BCUT2D eigenvalue weighted by Crippen LogP contribution is 2.45. The Hall–Kier alpha value is -2.30. The third-order valence-electron chi connectivity index (χ3n) is 5.93. The van der Waals surface area contributed by atoms with Crippen LogP contribution >= 0.6 is 15.9 Å². The number of rotatable bonds is 10. The van der Waals surface area contributed by atoms with E-state index in [1.807, 2.05) is 30.3 Å². The fourth-order valence-corrected chi connectivity index (χ4v) is 5.05. The summed E-state index contributed by atoms with van der Waals surface area (Å²) in [7, 11) is -1.82. The van der Waals surface area contributed by atoms with Crippen LogP contribution in [0.15, 0.2) is 77.3 Å². The zero-order valence-corrected chi connectivity index (χ0v) is 21.9. The lowest BCUT2D eigenvalue weighted by Gasteiger charge is -2.41. The Balaban J connectivity index is 2.32. The summed E-state index contributed by atoms with van der Waals surface area (Å²) in [5.41, 5.74) is 0.490. The first-order valence-corrected chi connectivity index (χ1v) is 12.9. The maximum Gasteiger partial charge on any atom is 0.461 e. The van der Waals surface area contributed by atoms with Gasteiger partial charge in [0.1, 0.15) is 11.6 Å². The molecule has 0 fully saturated rings. The van der Waals surface area contributed by atoms with E-state index in [4.69, 9.17) is 5.14 Å². The zero-order chi connectivity index (χ0) is 26.7. The highest BCUT2D eigenvalue weighted by atomic mass is 79.9. The van der Waals surface area contributed by atoms with Crippen molar-refractivity contribution in [2.45, 2.75) is 49.4 Å². The molecule has 0 saturated heterocycles. The van der Waals surface area contributed by atoms with Crippen LogP contribution in [-0.4, -0.2) is 21.5 Å². The second-order valence-corrected chi connectivity index (χ2v) is 11.7. The van der Waals surface area contributed by atoms with E-state index < -0.39 is 45.2 Å². The molecule has 0 aromatic heterocycles. The van der Waals surface area contributed by atoms with Crippen molar-refractivity contribution in [3.8, 4) is 5.75 Å². The highest BCUT2D eigenvalue weighted by molar-refractivity contribution is 9.10. The third kappa shape index (κ3) is 6.52. The lowest BCUT2D eigenvalue weighted by atomic mass is 9.66. The first-order valence-electron chi connectivity index (χ1n) is 10.9. The van der Waals surface area contributed by atoms with Crippen molar-refractivity contribution in [1.29, 1.82) is 0 Å². The molecule has 0 bridgehead atoms. The lowest BCUT2D eigenvalue weighted by molar-refractivity contribution is -0.253. The summed E-state index contributed by atoms with van der Waals surface area (Å²) in [5.74, 6) is -1.71. The highest BCUT2D eigenvalue weighted by Gasteiger charge is 2.45. The van der Waals surface area contributed by atoms with E-state index in [2.05, 4.69) is 20.7 Å². The second kappa shape index (κ2) is 11.0. The van der Waals surface area contributed by atoms with E-state index in [0.29, 0.717) is 16.1 Å². The third-order valence-corrected chi connectivity index (χ3v) is 7.66. The summed E-state index contributed by atoms with van der Waals surface area (Å²) < 4.78 is 84.4. The molecule has 0 amide bonds. The van der Waals surface area contributed by atoms with Crippen LogP contribution in [0.2, 0.25) is 0 Å². The summed E-state index contributed by atoms with van der Waals surface area (Å²) in [5, 5.41) is 5.81. The fraction of sp³-hybridized carbons (Fsp3) is 0.308. The molecule has 36 heavy (non-hydrogen) atoms. The quantitative estimate of drug-likeness (QED) is 0.255. The Labute approximate surface area is 217 Å². The van der Waals surface area contributed by atoms with Gasteiger partial charge in [0.05, 0.1) is 15.7 Å². The van der Waals surface area contributed by atoms with E-state index in [1.165, 1.54) is 0 Å². The molecule has 2 atom stereocenters. The van der Waals surface area contributed by atoms with Crippen LogP contribution in [0, 0.1) is 5.82 Å². The molecule has 0 aliphatic carbocycles. The molecule has 0 aliphatic rings. The summed E-state index contributed by atoms with van der Waals surface area (Å²) in [6.07, 6.45) is -8.59. The molecule has 0 radical (unpaired) electrons. The normalized spacial score (nSPS) is 14.9. The lowest BCUT2D eigenvalue weighted by Crippen LogP contribution is -2.43. The van der Waals surface area contributed by atoms with Gasteiger partial charge in [0.15, 0.2) is 0 Å². The predicted octanol–water partition coefficient (Wildman–Crippen LogP) is 7.14. The first-order chi connectivity index (χ1) is 16.7. The van der Waals surface area contributed by atoms with E-state index in [9.17, 15) is 26.2 Å².